The fraction of sp³-hybridized carbons (Fsp3) is 0.429. The zero-order valence-electron chi connectivity index (χ0n) is 15.6. The minimum atomic E-state index is -0.472. The van der Waals surface area contributed by atoms with Gasteiger partial charge in [0, 0.05) is 37.7 Å². The second-order valence-corrected chi connectivity index (χ2v) is 7.42. The Morgan fingerprint density at radius 2 is 2.07 bits per heavy atom. The van der Waals surface area contributed by atoms with Gasteiger partial charge < -0.3 is 9.80 Å². The summed E-state index contributed by atoms with van der Waals surface area (Å²) in [6, 6.07) is 7.50. The minimum Gasteiger partial charge on any atom is -0.338 e. The lowest BCUT2D eigenvalue weighted by molar-refractivity contribution is -0.127. The van der Waals surface area contributed by atoms with E-state index >= 15 is 0 Å². The van der Waals surface area contributed by atoms with Gasteiger partial charge in [0.15, 0.2) is 0 Å². The van der Waals surface area contributed by atoms with Crippen molar-refractivity contribution in [3.63, 3.8) is 0 Å². The number of hydrogen-bond donors (Lipinski definition) is 0. The van der Waals surface area contributed by atoms with E-state index in [9.17, 15) is 9.59 Å². The Hall–Kier alpha value is -2.76. The maximum atomic E-state index is 13.2. The Bertz CT molecular complexity index is 837. The Morgan fingerprint density at radius 1 is 1.19 bits per heavy atom. The highest BCUT2D eigenvalue weighted by Crippen LogP contribution is 2.42. The van der Waals surface area contributed by atoms with Crippen LogP contribution in [0.25, 0.3) is 0 Å². The summed E-state index contributed by atoms with van der Waals surface area (Å²) in [7, 11) is 0. The highest BCUT2D eigenvalue weighted by atomic mass is 16.2. The molecule has 27 heavy (non-hydrogen) atoms. The van der Waals surface area contributed by atoms with Crippen LogP contribution in [0.5, 0.6) is 0 Å². The molecule has 4 heterocycles. The number of likely N-dealkylation sites (tertiary alicyclic amines) is 1. The van der Waals surface area contributed by atoms with Crippen LogP contribution in [0.4, 0.5) is 5.69 Å². The van der Waals surface area contributed by atoms with Gasteiger partial charge >= 0.3 is 0 Å². The summed E-state index contributed by atoms with van der Waals surface area (Å²) in [6.07, 6.45) is 8.39. The fourth-order valence-corrected chi connectivity index (χ4v) is 4.21. The zero-order chi connectivity index (χ0) is 18.9. The van der Waals surface area contributed by atoms with Gasteiger partial charge in [0.1, 0.15) is 0 Å². The number of nitrogens with zero attached hydrogens (tertiary/aromatic N) is 4. The molecule has 2 aromatic heterocycles. The molecule has 6 heteroatoms. The van der Waals surface area contributed by atoms with E-state index in [0.29, 0.717) is 25.2 Å². The molecule has 2 amide bonds. The van der Waals surface area contributed by atoms with Crippen molar-refractivity contribution in [3.05, 3.63) is 54.1 Å². The van der Waals surface area contributed by atoms with E-state index in [0.717, 1.165) is 37.1 Å². The van der Waals surface area contributed by atoms with Gasteiger partial charge in [-0.3, -0.25) is 19.6 Å². The smallest absolute Gasteiger partial charge is 0.255 e. The van der Waals surface area contributed by atoms with E-state index in [1.165, 1.54) is 0 Å². The third kappa shape index (κ3) is 3.20. The summed E-state index contributed by atoms with van der Waals surface area (Å²) < 4.78 is 0. The fourth-order valence-electron chi connectivity index (χ4n) is 4.21. The lowest BCUT2D eigenvalue weighted by Gasteiger charge is -2.39. The quantitative estimate of drug-likeness (QED) is 0.840. The number of anilines is 1. The normalized spacial score (nSPS) is 22.5. The predicted molar refractivity (Wildman–Crippen MR) is 102 cm³/mol. The van der Waals surface area contributed by atoms with Crippen molar-refractivity contribution in [2.75, 3.05) is 24.5 Å². The molecule has 2 aliphatic heterocycles. The molecule has 0 aromatic carbocycles. The second-order valence-electron chi connectivity index (χ2n) is 7.42. The summed E-state index contributed by atoms with van der Waals surface area (Å²) in [6.45, 7) is 3.89. The summed E-state index contributed by atoms with van der Waals surface area (Å²) in [5.74, 6) is 0.0873. The average molecular weight is 364 g/mol. The van der Waals surface area contributed by atoms with Crippen molar-refractivity contribution >= 4 is 17.5 Å². The van der Waals surface area contributed by atoms with Crippen LogP contribution < -0.4 is 4.90 Å². The van der Waals surface area contributed by atoms with Crippen LogP contribution in [0.2, 0.25) is 0 Å². The average Bonchev–Trinajstić information content (AvgIpc) is 3.04. The molecule has 4 rings (SSSR count). The van der Waals surface area contributed by atoms with E-state index in [1.54, 1.807) is 18.6 Å². The van der Waals surface area contributed by atoms with Crippen molar-refractivity contribution in [2.24, 2.45) is 5.41 Å². The predicted octanol–water partition coefficient (Wildman–Crippen LogP) is 2.70. The molecule has 2 fully saturated rings. The largest absolute Gasteiger partial charge is 0.338 e. The molecule has 0 N–H and O–H groups in total. The Morgan fingerprint density at radius 3 is 2.78 bits per heavy atom. The van der Waals surface area contributed by atoms with Gasteiger partial charge in [-0.2, -0.15) is 0 Å². The molecular formula is C21H24N4O2. The maximum absolute atomic E-state index is 13.2. The van der Waals surface area contributed by atoms with E-state index in [4.69, 9.17) is 0 Å². The van der Waals surface area contributed by atoms with Gasteiger partial charge in [-0.05, 0) is 49.9 Å². The molecule has 2 saturated heterocycles. The van der Waals surface area contributed by atoms with Crippen LogP contribution in [-0.4, -0.2) is 46.3 Å². The molecule has 0 saturated carbocycles. The first-order valence-electron chi connectivity index (χ1n) is 9.59. The lowest BCUT2D eigenvalue weighted by Crippen LogP contribution is -2.50. The Labute approximate surface area is 159 Å². The van der Waals surface area contributed by atoms with E-state index in [2.05, 4.69) is 9.97 Å². The van der Waals surface area contributed by atoms with Crippen molar-refractivity contribution in [1.29, 1.82) is 0 Å². The van der Waals surface area contributed by atoms with Crippen LogP contribution >= 0.6 is 0 Å². The molecule has 0 aliphatic carbocycles. The summed E-state index contributed by atoms with van der Waals surface area (Å²) in [5.41, 5.74) is 1.93. The Balaban J connectivity index is 1.52. The molecule has 1 atom stereocenters. The van der Waals surface area contributed by atoms with Crippen molar-refractivity contribution < 1.29 is 9.59 Å². The number of rotatable bonds is 3. The molecule has 2 aliphatic rings. The number of aryl methyl sites for hydroxylation is 1. The highest BCUT2D eigenvalue weighted by molar-refractivity contribution is 6.01. The maximum Gasteiger partial charge on any atom is 0.255 e. The van der Waals surface area contributed by atoms with Gasteiger partial charge in [0.05, 0.1) is 22.9 Å². The third-order valence-corrected chi connectivity index (χ3v) is 5.77. The van der Waals surface area contributed by atoms with Crippen molar-refractivity contribution in [1.82, 2.24) is 14.9 Å². The van der Waals surface area contributed by atoms with E-state index < -0.39 is 5.41 Å². The number of pyridine rings is 2. The zero-order valence-corrected chi connectivity index (χ0v) is 15.6. The van der Waals surface area contributed by atoms with Gasteiger partial charge in [-0.25, -0.2) is 0 Å². The second kappa shape index (κ2) is 7.10. The van der Waals surface area contributed by atoms with Crippen LogP contribution in [0.3, 0.4) is 0 Å². The molecular weight excluding hydrogens is 340 g/mol. The van der Waals surface area contributed by atoms with Gasteiger partial charge in [-0.1, -0.05) is 6.92 Å². The lowest BCUT2D eigenvalue weighted by atomic mass is 9.78. The Kier molecular flexibility index (Phi) is 4.64. The molecule has 0 bridgehead atoms. The van der Waals surface area contributed by atoms with Gasteiger partial charge in [-0.15, -0.1) is 0 Å². The van der Waals surface area contributed by atoms with Gasteiger partial charge in [0.25, 0.3) is 5.91 Å². The molecule has 2 aromatic rings. The van der Waals surface area contributed by atoms with Crippen molar-refractivity contribution in [2.45, 2.75) is 32.6 Å². The highest BCUT2D eigenvalue weighted by Gasteiger charge is 2.50. The van der Waals surface area contributed by atoms with E-state index in [-0.39, 0.29) is 11.8 Å². The molecule has 1 unspecified atom stereocenters. The number of amides is 2. The van der Waals surface area contributed by atoms with Crippen LogP contribution in [-0.2, 0) is 11.2 Å². The minimum absolute atomic E-state index is 0.0307. The van der Waals surface area contributed by atoms with Crippen LogP contribution in [0.1, 0.15) is 42.2 Å². The van der Waals surface area contributed by atoms with Crippen molar-refractivity contribution in [3.8, 4) is 0 Å². The first-order chi connectivity index (χ1) is 13.1. The number of carbonyl (C=O) groups is 2. The topological polar surface area (TPSA) is 66.4 Å². The van der Waals surface area contributed by atoms with Crippen LogP contribution in [0, 0.1) is 5.41 Å². The van der Waals surface area contributed by atoms with E-state index in [1.807, 2.05) is 41.0 Å². The van der Waals surface area contributed by atoms with Crippen LogP contribution in [0.15, 0.2) is 42.9 Å². The molecule has 0 radical (unpaired) electrons. The summed E-state index contributed by atoms with van der Waals surface area (Å²) >= 11 is 0. The van der Waals surface area contributed by atoms with Gasteiger partial charge in [0.2, 0.25) is 5.91 Å². The first kappa shape index (κ1) is 17.6. The number of carbonyl (C=O) groups excluding carboxylic acids is 2. The number of hydrogen-bond acceptors (Lipinski definition) is 4. The SMILES string of the molecule is CCc1ccc(C(=O)N2CCCC3(CCN(c4cccnc4)C3=O)C2)cn1. The summed E-state index contributed by atoms with van der Waals surface area (Å²) in [4.78, 5) is 38.3. The number of piperidine rings is 1. The molecule has 140 valence electrons. The molecule has 6 nitrogen and oxygen atoms in total. The number of aromatic nitrogens is 2. The first-order valence-corrected chi connectivity index (χ1v) is 9.59. The third-order valence-electron chi connectivity index (χ3n) is 5.77. The molecule has 1 spiro atoms. The summed E-state index contributed by atoms with van der Waals surface area (Å²) in [5, 5.41) is 0. The standard InChI is InChI=1S/C21H24N4O2/c1-2-17-7-6-16(13-23-17)19(26)24-11-4-8-21(15-24)9-12-25(20(21)27)18-5-3-10-22-14-18/h3,5-7,10,13-14H,2,4,8-9,11-12,15H2,1H3. The monoisotopic (exact) mass is 364 g/mol.